The Kier molecular flexibility index (Phi) is 5.19. The lowest BCUT2D eigenvalue weighted by Gasteiger charge is -1.99. The number of nitrogens with zero attached hydrogens (tertiary/aromatic N) is 2. The SMILES string of the molecule is Nc1ccc(C(=O)NN=CC=Cc2cccc([N+](=O)[O-])c2)cc1. The normalized spacial score (nSPS) is 11.0. The second-order valence-corrected chi connectivity index (χ2v) is 4.55. The molecule has 0 saturated heterocycles. The number of amides is 1. The number of carbonyl (C=O) groups is 1. The van der Waals surface area contributed by atoms with E-state index in [-0.39, 0.29) is 11.6 Å². The van der Waals surface area contributed by atoms with E-state index >= 15 is 0 Å². The number of non-ortho nitro benzene ring substituents is 1. The lowest BCUT2D eigenvalue weighted by Crippen LogP contribution is -2.17. The van der Waals surface area contributed by atoms with Crippen molar-refractivity contribution in [1.29, 1.82) is 0 Å². The molecule has 0 unspecified atom stereocenters. The first-order valence-corrected chi connectivity index (χ1v) is 6.66. The zero-order valence-electron chi connectivity index (χ0n) is 12.0. The molecule has 2 aromatic rings. The van der Waals surface area contributed by atoms with Crippen molar-refractivity contribution >= 4 is 29.6 Å². The van der Waals surface area contributed by atoms with Gasteiger partial charge in [0.15, 0.2) is 0 Å². The van der Waals surface area contributed by atoms with E-state index in [1.54, 1.807) is 48.6 Å². The van der Waals surface area contributed by atoms with Gasteiger partial charge in [-0.1, -0.05) is 18.2 Å². The summed E-state index contributed by atoms with van der Waals surface area (Å²) >= 11 is 0. The summed E-state index contributed by atoms with van der Waals surface area (Å²) in [7, 11) is 0. The molecule has 0 fully saturated rings. The minimum atomic E-state index is -0.460. The van der Waals surface area contributed by atoms with E-state index in [1.165, 1.54) is 18.3 Å². The van der Waals surface area contributed by atoms with Crippen molar-refractivity contribution in [3.8, 4) is 0 Å². The van der Waals surface area contributed by atoms with E-state index in [1.807, 2.05) is 0 Å². The molecule has 0 radical (unpaired) electrons. The maximum atomic E-state index is 11.7. The summed E-state index contributed by atoms with van der Waals surface area (Å²) in [5.41, 5.74) is 9.60. The molecule has 116 valence electrons. The first kappa shape index (κ1) is 15.9. The Morgan fingerprint density at radius 3 is 2.65 bits per heavy atom. The van der Waals surface area contributed by atoms with E-state index in [2.05, 4.69) is 10.5 Å². The van der Waals surface area contributed by atoms with E-state index in [0.29, 0.717) is 16.8 Å². The molecule has 3 N–H and O–H groups in total. The number of nitrogens with one attached hydrogen (secondary N) is 1. The average molecular weight is 310 g/mol. The van der Waals surface area contributed by atoms with E-state index in [0.717, 1.165) is 0 Å². The number of rotatable bonds is 5. The van der Waals surface area contributed by atoms with Crippen LogP contribution in [0.4, 0.5) is 11.4 Å². The van der Waals surface area contributed by atoms with Crippen LogP contribution in [0.3, 0.4) is 0 Å². The van der Waals surface area contributed by atoms with Crippen LogP contribution < -0.4 is 11.2 Å². The van der Waals surface area contributed by atoms with Crippen LogP contribution in [0.2, 0.25) is 0 Å². The van der Waals surface area contributed by atoms with Gasteiger partial charge in [-0.15, -0.1) is 0 Å². The highest BCUT2D eigenvalue weighted by Crippen LogP contribution is 2.13. The second kappa shape index (κ2) is 7.51. The summed E-state index contributed by atoms with van der Waals surface area (Å²) < 4.78 is 0. The topological polar surface area (TPSA) is 111 Å². The molecule has 0 aliphatic heterocycles. The van der Waals surface area contributed by atoms with E-state index < -0.39 is 4.92 Å². The van der Waals surface area contributed by atoms with Crippen molar-refractivity contribution in [3.05, 3.63) is 75.8 Å². The maximum absolute atomic E-state index is 11.7. The highest BCUT2D eigenvalue weighted by Gasteiger charge is 2.03. The molecule has 0 aliphatic rings. The van der Waals surface area contributed by atoms with Crippen molar-refractivity contribution in [2.45, 2.75) is 0 Å². The van der Waals surface area contributed by atoms with Gasteiger partial charge in [-0.05, 0) is 35.9 Å². The number of carbonyl (C=O) groups excluding carboxylic acids is 1. The summed E-state index contributed by atoms with van der Waals surface area (Å²) in [6, 6.07) is 12.6. The van der Waals surface area contributed by atoms with Gasteiger partial charge in [0.25, 0.3) is 11.6 Å². The number of nitrogens with two attached hydrogens (primary N) is 1. The molecule has 0 heterocycles. The van der Waals surface area contributed by atoms with Crippen LogP contribution in [0.5, 0.6) is 0 Å². The number of nitro benzene ring substituents is 1. The largest absolute Gasteiger partial charge is 0.399 e. The van der Waals surface area contributed by atoms with Gasteiger partial charge in [0.2, 0.25) is 0 Å². The monoisotopic (exact) mass is 310 g/mol. The van der Waals surface area contributed by atoms with Crippen LogP contribution in [0, 0.1) is 10.1 Å². The van der Waals surface area contributed by atoms with Crippen molar-refractivity contribution in [3.63, 3.8) is 0 Å². The van der Waals surface area contributed by atoms with Gasteiger partial charge in [-0.3, -0.25) is 14.9 Å². The molecule has 23 heavy (non-hydrogen) atoms. The summed E-state index contributed by atoms with van der Waals surface area (Å²) in [4.78, 5) is 21.9. The van der Waals surface area contributed by atoms with Crippen molar-refractivity contribution in [2.24, 2.45) is 5.10 Å². The van der Waals surface area contributed by atoms with Crippen LogP contribution in [0.15, 0.2) is 59.7 Å². The highest BCUT2D eigenvalue weighted by molar-refractivity contribution is 5.95. The number of nitro groups is 1. The van der Waals surface area contributed by atoms with Crippen LogP contribution in [-0.4, -0.2) is 17.0 Å². The Labute approximate surface area is 132 Å². The van der Waals surface area contributed by atoms with Gasteiger partial charge < -0.3 is 5.73 Å². The van der Waals surface area contributed by atoms with Gasteiger partial charge in [0, 0.05) is 29.6 Å². The number of allylic oxidation sites excluding steroid dienone is 1. The molecule has 0 aliphatic carbocycles. The summed E-state index contributed by atoms with van der Waals surface area (Å²) in [5, 5.41) is 14.4. The van der Waals surface area contributed by atoms with Crippen LogP contribution in [0.1, 0.15) is 15.9 Å². The standard InChI is InChI=1S/C16H14N4O3/c17-14-8-6-13(7-9-14)16(21)19-18-10-2-4-12-3-1-5-15(11-12)20(22)23/h1-11H,17H2,(H,19,21). The molecule has 2 rings (SSSR count). The first-order valence-electron chi connectivity index (χ1n) is 6.66. The number of benzene rings is 2. The molecule has 1 amide bonds. The molecule has 0 spiro atoms. The maximum Gasteiger partial charge on any atom is 0.271 e. The number of nitrogen functional groups attached to an aromatic ring is 1. The van der Waals surface area contributed by atoms with Crippen LogP contribution >= 0.6 is 0 Å². The van der Waals surface area contributed by atoms with Crippen LogP contribution in [-0.2, 0) is 0 Å². The number of anilines is 1. The van der Waals surface area contributed by atoms with Gasteiger partial charge in [-0.25, -0.2) is 5.43 Å². The summed E-state index contributed by atoms with van der Waals surface area (Å²) in [6.07, 6.45) is 4.60. The molecular formula is C16H14N4O3. The number of hydrogen-bond donors (Lipinski definition) is 2. The smallest absolute Gasteiger partial charge is 0.271 e. The molecule has 0 bridgehead atoms. The fraction of sp³-hybridized carbons (Fsp3) is 0. The molecule has 0 saturated carbocycles. The zero-order valence-corrected chi connectivity index (χ0v) is 12.0. The fourth-order valence-electron chi connectivity index (χ4n) is 1.73. The predicted octanol–water partition coefficient (Wildman–Crippen LogP) is 2.61. The van der Waals surface area contributed by atoms with Gasteiger partial charge in [-0.2, -0.15) is 5.10 Å². The third-order valence-corrected chi connectivity index (χ3v) is 2.87. The van der Waals surface area contributed by atoms with Crippen LogP contribution in [0.25, 0.3) is 6.08 Å². The molecule has 0 aromatic heterocycles. The van der Waals surface area contributed by atoms with Crippen molar-refractivity contribution in [2.75, 3.05) is 5.73 Å². The minimum Gasteiger partial charge on any atom is -0.399 e. The minimum absolute atomic E-state index is 0.0146. The summed E-state index contributed by atoms with van der Waals surface area (Å²) in [6.45, 7) is 0. The molecule has 2 aromatic carbocycles. The van der Waals surface area contributed by atoms with Gasteiger partial charge >= 0.3 is 0 Å². The Morgan fingerprint density at radius 2 is 1.96 bits per heavy atom. The quantitative estimate of drug-likeness (QED) is 0.382. The second-order valence-electron chi connectivity index (χ2n) is 4.55. The number of hydrogen-bond acceptors (Lipinski definition) is 5. The Balaban J connectivity index is 1.91. The highest BCUT2D eigenvalue weighted by atomic mass is 16.6. The zero-order chi connectivity index (χ0) is 16.7. The Hall–Kier alpha value is -3.48. The predicted molar refractivity (Wildman–Crippen MR) is 88.9 cm³/mol. The van der Waals surface area contributed by atoms with Crippen molar-refractivity contribution < 1.29 is 9.72 Å². The number of hydrazone groups is 1. The molecule has 7 heteroatoms. The molecular weight excluding hydrogens is 296 g/mol. The third kappa shape index (κ3) is 4.78. The average Bonchev–Trinajstić information content (AvgIpc) is 2.55. The lowest BCUT2D eigenvalue weighted by molar-refractivity contribution is -0.384. The van der Waals surface area contributed by atoms with Gasteiger partial charge in [0.05, 0.1) is 4.92 Å². The van der Waals surface area contributed by atoms with E-state index in [9.17, 15) is 14.9 Å². The summed E-state index contributed by atoms with van der Waals surface area (Å²) in [5.74, 6) is -0.356. The molecule has 0 atom stereocenters. The first-order chi connectivity index (χ1) is 11.1. The lowest BCUT2D eigenvalue weighted by atomic mass is 10.2. The fourth-order valence-corrected chi connectivity index (χ4v) is 1.73. The Morgan fingerprint density at radius 1 is 1.22 bits per heavy atom. The molecule has 7 nitrogen and oxygen atoms in total. The Bertz CT molecular complexity index is 767. The van der Waals surface area contributed by atoms with Crippen molar-refractivity contribution in [1.82, 2.24) is 5.43 Å². The third-order valence-electron chi connectivity index (χ3n) is 2.87. The van der Waals surface area contributed by atoms with E-state index in [4.69, 9.17) is 5.73 Å². The van der Waals surface area contributed by atoms with Gasteiger partial charge in [0.1, 0.15) is 0 Å².